The van der Waals surface area contributed by atoms with Gasteiger partial charge in [0.2, 0.25) is 5.91 Å². The number of nitrogens with one attached hydrogen (secondary N) is 2. The van der Waals surface area contributed by atoms with Crippen molar-refractivity contribution in [3.05, 3.63) is 0 Å². The Bertz CT molecular complexity index is 319. The van der Waals surface area contributed by atoms with Crippen molar-refractivity contribution in [3.8, 4) is 0 Å². The van der Waals surface area contributed by atoms with Crippen LogP contribution in [0.1, 0.15) is 19.3 Å². The number of rotatable bonds is 4. The Balaban J connectivity index is 2.37. The molecule has 1 aliphatic heterocycles. The van der Waals surface area contributed by atoms with Gasteiger partial charge in [0.05, 0.1) is 0 Å². The lowest BCUT2D eigenvalue weighted by Crippen LogP contribution is -2.46. The minimum Gasteiger partial charge on any atom is -0.480 e. The summed E-state index contributed by atoms with van der Waals surface area (Å²) in [4.78, 5) is 34.7. The average Bonchev–Trinajstić information content (AvgIpc) is 2.77. The predicted molar refractivity (Wildman–Crippen MR) is 59.4 cm³/mol. The lowest BCUT2D eigenvalue weighted by atomic mass is 10.2. The molecule has 17 heavy (non-hydrogen) atoms. The maximum Gasteiger partial charge on any atom is 0.326 e. The number of likely N-dealkylation sites (tertiary alicyclic amines) is 1. The summed E-state index contributed by atoms with van der Waals surface area (Å²) in [6, 6.07) is -1.16. The topological polar surface area (TPSA) is 98.7 Å². The fourth-order valence-corrected chi connectivity index (χ4v) is 1.78. The fraction of sp³-hybridized carbons (Fsp3) is 0.700. The second kappa shape index (κ2) is 6.07. The molecule has 3 N–H and O–H groups in total. The van der Waals surface area contributed by atoms with Crippen LogP contribution in [0.3, 0.4) is 0 Å². The molecular weight excluding hydrogens is 226 g/mol. The molecule has 96 valence electrons. The zero-order valence-corrected chi connectivity index (χ0v) is 9.73. The zero-order valence-electron chi connectivity index (χ0n) is 9.73. The first-order chi connectivity index (χ1) is 8.06. The van der Waals surface area contributed by atoms with Crippen molar-refractivity contribution in [1.82, 2.24) is 15.5 Å². The van der Waals surface area contributed by atoms with Crippen LogP contribution in [-0.4, -0.2) is 54.1 Å². The van der Waals surface area contributed by atoms with Crippen molar-refractivity contribution >= 4 is 17.9 Å². The van der Waals surface area contributed by atoms with Gasteiger partial charge in [-0.15, -0.1) is 0 Å². The van der Waals surface area contributed by atoms with E-state index in [-0.39, 0.29) is 18.9 Å². The van der Waals surface area contributed by atoms with Gasteiger partial charge in [0.1, 0.15) is 6.04 Å². The molecule has 0 bridgehead atoms. The Kier molecular flexibility index (Phi) is 4.74. The van der Waals surface area contributed by atoms with Crippen molar-refractivity contribution in [2.45, 2.75) is 25.3 Å². The van der Waals surface area contributed by atoms with Gasteiger partial charge in [0, 0.05) is 26.6 Å². The van der Waals surface area contributed by atoms with E-state index in [1.165, 1.54) is 11.9 Å². The van der Waals surface area contributed by atoms with E-state index in [9.17, 15) is 14.4 Å². The first-order valence-corrected chi connectivity index (χ1v) is 5.54. The highest BCUT2D eigenvalue weighted by Crippen LogP contribution is 2.17. The van der Waals surface area contributed by atoms with Crippen LogP contribution in [0.4, 0.5) is 4.79 Å². The van der Waals surface area contributed by atoms with Crippen molar-refractivity contribution < 1.29 is 19.5 Å². The fourth-order valence-electron chi connectivity index (χ4n) is 1.78. The molecule has 1 heterocycles. The lowest BCUT2D eigenvalue weighted by molar-refractivity contribution is -0.141. The number of hydrogen-bond acceptors (Lipinski definition) is 3. The number of carbonyl (C=O) groups excluding carboxylic acids is 2. The van der Waals surface area contributed by atoms with Crippen LogP contribution in [0.25, 0.3) is 0 Å². The predicted octanol–water partition coefficient (Wildman–Crippen LogP) is -0.619. The monoisotopic (exact) mass is 243 g/mol. The summed E-state index contributed by atoms with van der Waals surface area (Å²) >= 11 is 0. The number of aliphatic carboxylic acids is 1. The van der Waals surface area contributed by atoms with Gasteiger partial charge in [-0.2, -0.15) is 0 Å². The maximum absolute atomic E-state index is 11.6. The van der Waals surface area contributed by atoms with E-state index in [2.05, 4.69) is 10.6 Å². The molecule has 0 radical (unpaired) electrons. The molecule has 3 amide bonds. The van der Waals surface area contributed by atoms with Crippen LogP contribution in [0, 0.1) is 0 Å². The van der Waals surface area contributed by atoms with Crippen LogP contribution in [0.2, 0.25) is 0 Å². The number of amides is 3. The molecule has 1 saturated heterocycles. The number of urea groups is 1. The molecule has 1 aliphatic rings. The molecular formula is C10H17N3O4. The lowest BCUT2D eigenvalue weighted by Gasteiger charge is -2.21. The third kappa shape index (κ3) is 3.61. The van der Waals surface area contributed by atoms with E-state index >= 15 is 0 Å². The molecule has 1 rings (SSSR count). The first-order valence-electron chi connectivity index (χ1n) is 5.54. The smallest absolute Gasteiger partial charge is 0.326 e. The SMILES string of the molecule is CNC(=O)CCNC(=O)N1CCC[C@@H]1C(=O)O. The van der Waals surface area contributed by atoms with E-state index < -0.39 is 18.0 Å². The summed E-state index contributed by atoms with van der Waals surface area (Å²) in [7, 11) is 1.52. The molecule has 7 heteroatoms. The first kappa shape index (κ1) is 13.3. The molecule has 0 aromatic rings. The van der Waals surface area contributed by atoms with Gasteiger partial charge < -0.3 is 20.6 Å². The van der Waals surface area contributed by atoms with Crippen molar-refractivity contribution in [2.24, 2.45) is 0 Å². The van der Waals surface area contributed by atoms with Gasteiger partial charge in [0.15, 0.2) is 0 Å². The summed E-state index contributed by atoms with van der Waals surface area (Å²) in [5.41, 5.74) is 0. The van der Waals surface area contributed by atoms with Crippen LogP contribution in [0.5, 0.6) is 0 Å². The summed E-state index contributed by atoms with van der Waals surface area (Å²) < 4.78 is 0. The Morgan fingerprint density at radius 1 is 1.41 bits per heavy atom. The van der Waals surface area contributed by atoms with E-state index in [1.807, 2.05) is 0 Å². The molecule has 1 atom stereocenters. The Morgan fingerprint density at radius 2 is 2.12 bits per heavy atom. The van der Waals surface area contributed by atoms with Gasteiger partial charge in [-0.25, -0.2) is 9.59 Å². The summed E-state index contributed by atoms with van der Waals surface area (Å²) in [6.07, 6.45) is 1.37. The van der Waals surface area contributed by atoms with Gasteiger partial charge >= 0.3 is 12.0 Å². The minimum absolute atomic E-state index is 0.165. The van der Waals surface area contributed by atoms with Crippen molar-refractivity contribution in [1.29, 1.82) is 0 Å². The highest BCUT2D eigenvalue weighted by Gasteiger charge is 2.33. The third-order valence-electron chi connectivity index (χ3n) is 2.71. The number of nitrogens with zero attached hydrogens (tertiary/aromatic N) is 1. The number of carboxylic acid groups (broad SMARTS) is 1. The maximum atomic E-state index is 11.6. The highest BCUT2D eigenvalue weighted by atomic mass is 16.4. The van der Waals surface area contributed by atoms with E-state index in [0.717, 1.165) is 0 Å². The third-order valence-corrected chi connectivity index (χ3v) is 2.71. The summed E-state index contributed by atoms with van der Waals surface area (Å²) in [5.74, 6) is -1.15. The van der Waals surface area contributed by atoms with Crippen molar-refractivity contribution in [2.75, 3.05) is 20.1 Å². The largest absolute Gasteiger partial charge is 0.480 e. The van der Waals surface area contributed by atoms with Crippen molar-refractivity contribution in [3.63, 3.8) is 0 Å². The van der Waals surface area contributed by atoms with Gasteiger partial charge in [-0.1, -0.05) is 0 Å². The molecule has 0 aromatic carbocycles. The van der Waals surface area contributed by atoms with Crippen LogP contribution < -0.4 is 10.6 Å². The zero-order chi connectivity index (χ0) is 12.8. The van der Waals surface area contributed by atoms with Gasteiger partial charge in [-0.3, -0.25) is 4.79 Å². The van der Waals surface area contributed by atoms with Crippen LogP contribution in [-0.2, 0) is 9.59 Å². The van der Waals surface area contributed by atoms with E-state index in [0.29, 0.717) is 19.4 Å². The van der Waals surface area contributed by atoms with Crippen LogP contribution >= 0.6 is 0 Å². The van der Waals surface area contributed by atoms with Gasteiger partial charge in [0.25, 0.3) is 0 Å². The van der Waals surface area contributed by atoms with E-state index in [4.69, 9.17) is 5.11 Å². The molecule has 7 nitrogen and oxygen atoms in total. The molecule has 0 aliphatic carbocycles. The second-order valence-electron chi connectivity index (χ2n) is 3.84. The number of carbonyl (C=O) groups is 3. The average molecular weight is 243 g/mol. The Labute approximate surface area is 99.2 Å². The minimum atomic E-state index is -0.982. The standard InChI is InChI=1S/C10H17N3O4/c1-11-8(14)4-5-12-10(17)13-6-2-3-7(13)9(15)16/h7H,2-6H2,1H3,(H,11,14)(H,12,17)(H,15,16)/t7-/m1/s1. The summed E-state index contributed by atoms with van der Waals surface area (Å²) in [5, 5.41) is 13.9. The number of hydrogen-bond donors (Lipinski definition) is 3. The normalized spacial score (nSPS) is 18.9. The Morgan fingerprint density at radius 3 is 2.71 bits per heavy atom. The van der Waals surface area contributed by atoms with E-state index in [1.54, 1.807) is 0 Å². The van der Waals surface area contributed by atoms with Gasteiger partial charge in [-0.05, 0) is 12.8 Å². The molecule has 1 fully saturated rings. The summed E-state index contributed by atoms with van der Waals surface area (Å²) in [6.45, 7) is 0.657. The quantitative estimate of drug-likeness (QED) is 0.613. The molecule has 0 spiro atoms. The highest BCUT2D eigenvalue weighted by molar-refractivity contribution is 5.83. The molecule has 0 saturated carbocycles. The Hall–Kier alpha value is -1.79. The molecule has 0 unspecified atom stereocenters. The van der Waals surface area contributed by atoms with Crippen LogP contribution in [0.15, 0.2) is 0 Å². The molecule has 0 aromatic heterocycles. The number of carboxylic acids is 1. The second-order valence-corrected chi connectivity index (χ2v) is 3.84.